The van der Waals surface area contributed by atoms with Crippen LogP contribution in [-0.2, 0) is 14.3 Å². The fourth-order valence-corrected chi connectivity index (χ4v) is 3.88. The van der Waals surface area contributed by atoms with E-state index < -0.39 is 5.97 Å². The number of carbonyl (C=O) groups is 2. The number of allylic oxidation sites excluding steroid dienone is 2. The van der Waals surface area contributed by atoms with Gasteiger partial charge in [-0.3, -0.25) is 4.79 Å². The molecule has 21 heavy (non-hydrogen) atoms. The zero-order chi connectivity index (χ0) is 15.8. The lowest BCUT2D eigenvalue weighted by Gasteiger charge is -2.49. The van der Waals surface area contributed by atoms with E-state index in [9.17, 15) is 9.59 Å². The molecule has 0 aromatic heterocycles. The number of hydrogen-bond acceptors (Lipinski definition) is 3. The number of ether oxygens (including phenoxy) is 1. The van der Waals surface area contributed by atoms with E-state index in [1.54, 1.807) is 0 Å². The molecular weight excluding hydrogens is 268 g/mol. The van der Waals surface area contributed by atoms with Crippen molar-refractivity contribution in [1.29, 1.82) is 0 Å². The first kappa shape index (κ1) is 15.8. The summed E-state index contributed by atoms with van der Waals surface area (Å²) in [6.45, 7) is 9.44. The average Bonchev–Trinajstić information content (AvgIpc) is 2.41. The average molecular weight is 292 g/mol. The Morgan fingerprint density at radius 2 is 2.14 bits per heavy atom. The maximum absolute atomic E-state index is 11.3. The number of carbonyl (C=O) groups excluding carboxylic acids is 1. The SMILES string of the molecule is C=C(C(=O)O)[C@@H]1CC=C2CC[C@H](OC(C)=O)[C@H](C)[C@@]2(C)C1. The Labute approximate surface area is 125 Å². The lowest BCUT2D eigenvalue weighted by molar-refractivity contribution is -0.153. The number of rotatable bonds is 3. The van der Waals surface area contributed by atoms with Crippen LogP contribution in [0.1, 0.15) is 46.5 Å². The summed E-state index contributed by atoms with van der Waals surface area (Å²) in [5.41, 5.74) is 1.56. The predicted octanol–water partition coefficient (Wildman–Crippen LogP) is 3.33. The van der Waals surface area contributed by atoms with Crippen LogP contribution >= 0.6 is 0 Å². The van der Waals surface area contributed by atoms with Gasteiger partial charge in [-0.15, -0.1) is 0 Å². The molecule has 4 nitrogen and oxygen atoms in total. The molecule has 0 saturated heterocycles. The van der Waals surface area contributed by atoms with Crippen molar-refractivity contribution in [1.82, 2.24) is 0 Å². The smallest absolute Gasteiger partial charge is 0.331 e. The number of esters is 1. The summed E-state index contributed by atoms with van der Waals surface area (Å²) in [7, 11) is 0. The summed E-state index contributed by atoms with van der Waals surface area (Å²) in [4.78, 5) is 22.4. The Morgan fingerprint density at radius 1 is 1.48 bits per heavy atom. The van der Waals surface area contributed by atoms with Crippen LogP contribution in [0.3, 0.4) is 0 Å². The molecule has 4 atom stereocenters. The number of fused-ring (bicyclic) bond motifs is 1. The van der Waals surface area contributed by atoms with Gasteiger partial charge in [0.2, 0.25) is 0 Å². The van der Waals surface area contributed by atoms with Gasteiger partial charge in [-0.25, -0.2) is 4.79 Å². The molecule has 4 heteroatoms. The highest BCUT2D eigenvalue weighted by molar-refractivity contribution is 5.86. The Hall–Kier alpha value is -1.58. The minimum atomic E-state index is -0.916. The third-order valence-corrected chi connectivity index (χ3v) is 5.40. The van der Waals surface area contributed by atoms with E-state index in [1.165, 1.54) is 12.5 Å². The summed E-state index contributed by atoms with van der Waals surface area (Å²) in [5, 5.41) is 9.16. The summed E-state index contributed by atoms with van der Waals surface area (Å²) in [5.74, 6) is -1.01. The third-order valence-electron chi connectivity index (χ3n) is 5.40. The van der Waals surface area contributed by atoms with Gasteiger partial charge in [0.05, 0.1) is 0 Å². The Kier molecular flexibility index (Phi) is 4.26. The maximum atomic E-state index is 11.3. The van der Waals surface area contributed by atoms with Crippen molar-refractivity contribution >= 4 is 11.9 Å². The van der Waals surface area contributed by atoms with E-state index in [1.807, 2.05) is 0 Å². The first-order valence-corrected chi connectivity index (χ1v) is 7.54. The molecule has 2 rings (SSSR count). The summed E-state index contributed by atoms with van der Waals surface area (Å²) in [6, 6.07) is 0. The Bertz CT molecular complexity index is 505. The van der Waals surface area contributed by atoms with Crippen LogP contribution in [0.25, 0.3) is 0 Å². The molecule has 0 aromatic rings. The normalized spacial score (nSPS) is 35.4. The van der Waals surface area contributed by atoms with E-state index in [0.717, 1.165) is 25.7 Å². The van der Waals surface area contributed by atoms with Gasteiger partial charge in [0.1, 0.15) is 6.10 Å². The fourth-order valence-electron chi connectivity index (χ4n) is 3.88. The topological polar surface area (TPSA) is 63.6 Å². The van der Waals surface area contributed by atoms with E-state index in [-0.39, 0.29) is 34.9 Å². The molecule has 0 spiro atoms. The van der Waals surface area contributed by atoms with Gasteiger partial charge in [-0.05, 0) is 37.0 Å². The number of carboxylic acid groups (broad SMARTS) is 1. The number of carboxylic acids is 1. The van der Waals surface area contributed by atoms with Gasteiger partial charge in [-0.1, -0.05) is 32.1 Å². The highest BCUT2D eigenvalue weighted by atomic mass is 16.5. The van der Waals surface area contributed by atoms with E-state index in [0.29, 0.717) is 0 Å². The second-order valence-corrected chi connectivity index (χ2v) is 6.59. The Morgan fingerprint density at radius 3 is 2.71 bits per heavy atom. The monoisotopic (exact) mass is 292 g/mol. The molecule has 1 saturated carbocycles. The molecule has 0 heterocycles. The van der Waals surface area contributed by atoms with Crippen molar-refractivity contribution in [3.63, 3.8) is 0 Å². The van der Waals surface area contributed by atoms with Crippen LogP contribution in [0.15, 0.2) is 23.8 Å². The van der Waals surface area contributed by atoms with Crippen molar-refractivity contribution in [2.45, 2.75) is 52.6 Å². The van der Waals surface area contributed by atoms with E-state index in [2.05, 4.69) is 26.5 Å². The lowest BCUT2D eigenvalue weighted by Crippen LogP contribution is -2.45. The third kappa shape index (κ3) is 2.89. The van der Waals surface area contributed by atoms with Crippen LogP contribution in [0.2, 0.25) is 0 Å². The maximum Gasteiger partial charge on any atom is 0.331 e. The minimum Gasteiger partial charge on any atom is -0.478 e. The molecule has 0 aliphatic heterocycles. The quantitative estimate of drug-likeness (QED) is 0.492. The molecule has 0 bridgehead atoms. The molecule has 2 aliphatic rings. The lowest BCUT2D eigenvalue weighted by atomic mass is 9.57. The second-order valence-electron chi connectivity index (χ2n) is 6.59. The minimum absolute atomic E-state index is 0.0326. The van der Waals surface area contributed by atoms with Gasteiger partial charge in [0, 0.05) is 18.4 Å². The zero-order valence-corrected chi connectivity index (χ0v) is 13.0. The van der Waals surface area contributed by atoms with Gasteiger partial charge >= 0.3 is 11.9 Å². The van der Waals surface area contributed by atoms with Crippen LogP contribution in [0, 0.1) is 17.3 Å². The van der Waals surface area contributed by atoms with Gasteiger partial charge in [0.15, 0.2) is 0 Å². The van der Waals surface area contributed by atoms with Crippen LogP contribution < -0.4 is 0 Å². The van der Waals surface area contributed by atoms with E-state index in [4.69, 9.17) is 9.84 Å². The molecule has 116 valence electrons. The summed E-state index contributed by atoms with van der Waals surface area (Å²) < 4.78 is 5.46. The number of hydrogen-bond donors (Lipinski definition) is 1. The van der Waals surface area contributed by atoms with Crippen LogP contribution in [0.5, 0.6) is 0 Å². The standard InChI is InChI=1S/C17H24O4/c1-10(16(19)20)13-5-6-14-7-8-15(21-12(3)18)11(2)17(14,4)9-13/h6,11,13,15H,1,5,7-9H2,2-4H3,(H,19,20)/t11-,13+,15-,17+/m0/s1. The first-order chi connectivity index (χ1) is 9.75. The second kappa shape index (κ2) is 5.66. The molecule has 0 unspecified atom stereocenters. The van der Waals surface area contributed by atoms with Crippen LogP contribution in [-0.4, -0.2) is 23.1 Å². The molecule has 0 amide bonds. The highest BCUT2D eigenvalue weighted by Gasteiger charge is 2.47. The van der Waals surface area contributed by atoms with Gasteiger partial charge < -0.3 is 9.84 Å². The molecule has 2 aliphatic carbocycles. The van der Waals surface area contributed by atoms with Crippen molar-refractivity contribution in [2.75, 3.05) is 0 Å². The molecule has 0 radical (unpaired) electrons. The first-order valence-electron chi connectivity index (χ1n) is 7.54. The Balaban J connectivity index is 2.23. The molecule has 1 N–H and O–H groups in total. The molecule has 0 aromatic carbocycles. The molecule has 1 fully saturated rings. The van der Waals surface area contributed by atoms with Crippen molar-refractivity contribution < 1.29 is 19.4 Å². The van der Waals surface area contributed by atoms with Crippen LogP contribution in [0.4, 0.5) is 0 Å². The van der Waals surface area contributed by atoms with Crippen molar-refractivity contribution in [3.05, 3.63) is 23.8 Å². The largest absolute Gasteiger partial charge is 0.478 e. The zero-order valence-electron chi connectivity index (χ0n) is 13.0. The highest BCUT2D eigenvalue weighted by Crippen LogP contribution is 2.53. The fraction of sp³-hybridized carbons (Fsp3) is 0.647. The summed E-state index contributed by atoms with van der Waals surface area (Å²) in [6.07, 6.45) is 5.39. The van der Waals surface area contributed by atoms with E-state index >= 15 is 0 Å². The predicted molar refractivity (Wildman–Crippen MR) is 79.6 cm³/mol. The van der Waals surface area contributed by atoms with Crippen molar-refractivity contribution in [2.24, 2.45) is 17.3 Å². The number of aliphatic carboxylic acids is 1. The molecular formula is C17H24O4. The van der Waals surface area contributed by atoms with Gasteiger partial charge in [-0.2, -0.15) is 0 Å². The van der Waals surface area contributed by atoms with Gasteiger partial charge in [0.25, 0.3) is 0 Å². The summed E-state index contributed by atoms with van der Waals surface area (Å²) >= 11 is 0. The van der Waals surface area contributed by atoms with Crippen molar-refractivity contribution in [3.8, 4) is 0 Å².